The average molecular weight is 346 g/mol. The van der Waals surface area contributed by atoms with Crippen LogP contribution in [-0.2, 0) is 0 Å². The Hall–Kier alpha value is -2.47. The zero-order chi connectivity index (χ0) is 18.0. The Morgan fingerprint density at radius 1 is 1.04 bits per heavy atom. The molecule has 3 rings (SSSR count). The number of carbonyl (C=O) groups is 1. The van der Waals surface area contributed by atoms with Crippen molar-refractivity contribution in [2.45, 2.75) is 13.0 Å². The highest BCUT2D eigenvalue weighted by atomic mass is 19.1. The molecule has 0 amide bonds. The highest BCUT2D eigenvalue weighted by Crippen LogP contribution is 2.26. The van der Waals surface area contributed by atoms with Gasteiger partial charge in [-0.05, 0) is 36.8 Å². The van der Waals surface area contributed by atoms with Crippen LogP contribution >= 0.6 is 0 Å². The first kappa shape index (κ1) is 17.4. The summed E-state index contributed by atoms with van der Waals surface area (Å²) in [4.78, 5) is 15.1. The summed E-state index contributed by atoms with van der Waals surface area (Å²) in [5.41, 5.74) is 1.75. The summed E-state index contributed by atoms with van der Waals surface area (Å²) < 4.78 is 27.0. The summed E-state index contributed by atoms with van der Waals surface area (Å²) in [6, 6.07) is 10.7. The standard InChI is InChI=1S/C19H20F2N2O2/c1-13(14-2-4-15(5-3-14)19(24)25)22-8-10-23(11-9-22)18-7-6-16(20)12-17(18)21/h2-7,12-13H,8-11H2,1H3,(H,24,25)/t13-/m1/s1. The number of benzene rings is 2. The van der Waals surface area contributed by atoms with Gasteiger partial charge in [-0.1, -0.05) is 12.1 Å². The van der Waals surface area contributed by atoms with E-state index < -0.39 is 17.6 Å². The smallest absolute Gasteiger partial charge is 0.335 e. The predicted molar refractivity (Wildman–Crippen MR) is 92.0 cm³/mol. The van der Waals surface area contributed by atoms with E-state index in [1.807, 2.05) is 17.0 Å². The molecule has 0 saturated carbocycles. The van der Waals surface area contributed by atoms with Gasteiger partial charge in [-0.3, -0.25) is 4.90 Å². The van der Waals surface area contributed by atoms with Crippen LogP contribution in [0.5, 0.6) is 0 Å². The van der Waals surface area contributed by atoms with Gasteiger partial charge in [0.2, 0.25) is 0 Å². The van der Waals surface area contributed by atoms with Crippen LogP contribution in [0.2, 0.25) is 0 Å². The van der Waals surface area contributed by atoms with Gasteiger partial charge in [-0.15, -0.1) is 0 Å². The SMILES string of the molecule is C[C@H](c1ccc(C(=O)O)cc1)N1CCN(c2ccc(F)cc2F)CC1. The monoisotopic (exact) mass is 346 g/mol. The van der Waals surface area contributed by atoms with Crippen LogP contribution in [0.25, 0.3) is 0 Å². The van der Waals surface area contributed by atoms with Crippen molar-refractivity contribution in [3.63, 3.8) is 0 Å². The second kappa shape index (κ2) is 7.19. The number of anilines is 1. The maximum Gasteiger partial charge on any atom is 0.335 e. The molecule has 0 spiro atoms. The summed E-state index contributed by atoms with van der Waals surface area (Å²) >= 11 is 0. The van der Waals surface area contributed by atoms with Crippen molar-refractivity contribution in [1.82, 2.24) is 4.90 Å². The van der Waals surface area contributed by atoms with Crippen molar-refractivity contribution >= 4 is 11.7 Å². The third kappa shape index (κ3) is 3.79. The molecule has 0 unspecified atom stereocenters. The van der Waals surface area contributed by atoms with Gasteiger partial charge in [0.25, 0.3) is 0 Å². The van der Waals surface area contributed by atoms with Crippen molar-refractivity contribution < 1.29 is 18.7 Å². The number of rotatable bonds is 4. The van der Waals surface area contributed by atoms with Gasteiger partial charge in [-0.2, -0.15) is 0 Å². The minimum atomic E-state index is -0.936. The van der Waals surface area contributed by atoms with Crippen LogP contribution in [-0.4, -0.2) is 42.2 Å². The van der Waals surface area contributed by atoms with E-state index in [0.29, 0.717) is 18.8 Å². The topological polar surface area (TPSA) is 43.8 Å². The molecule has 0 aliphatic carbocycles. The van der Waals surface area contributed by atoms with E-state index in [-0.39, 0.29) is 11.6 Å². The zero-order valence-electron chi connectivity index (χ0n) is 14.0. The van der Waals surface area contributed by atoms with Crippen LogP contribution in [0.4, 0.5) is 14.5 Å². The van der Waals surface area contributed by atoms with E-state index in [9.17, 15) is 13.6 Å². The number of carboxylic acid groups (broad SMARTS) is 1. The molecule has 1 heterocycles. The first-order valence-electron chi connectivity index (χ1n) is 8.23. The maximum atomic E-state index is 13.9. The number of nitrogens with zero attached hydrogens (tertiary/aromatic N) is 2. The third-order valence-corrected chi connectivity index (χ3v) is 4.75. The molecule has 1 N–H and O–H groups in total. The van der Waals surface area contributed by atoms with Gasteiger partial charge in [0.05, 0.1) is 11.3 Å². The van der Waals surface area contributed by atoms with Crippen LogP contribution < -0.4 is 4.90 Å². The van der Waals surface area contributed by atoms with Gasteiger partial charge < -0.3 is 10.0 Å². The number of piperazine rings is 1. The highest BCUT2D eigenvalue weighted by molar-refractivity contribution is 5.87. The van der Waals surface area contributed by atoms with Crippen LogP contribution in [0.3, 0.4) is 0 Å². The Balaban J connectivity index is 1.64. The van der Waals surface area contributed by atoms with Gasteiger partial charge in [0, 0.05) is 38.3 Å². The summed E-state index contributed by atoms with van der Waals surface area (Å²) in [7, 11) is 0. The van der Waals surface area contributed by atoms with E-state index in [0.717, 1.165) is 24.7 Å². The first-order chi connectivity index (χ1) is 12.0. The number of carboxylic acids is 1. The molecule has 1 fully saturated rings. The van der Waals surface area contributed by atoms with Gasteiger partial charge in [-0.25, -0.2) is 13.6 Å². The van der Waals surface area contributed by atoms with Crippen LogP contribution in [0.15, 0.2) is 42.5 Å². The van der Waals surface area contributed by atoms with E-state index in [1.54, 1.807) is 12.1 Å². The van der Waals surface area contributed by atoms with Crippen molar-refractivity contribution in [3.8, 4) is 0 Å². The lowest BCUT2D eigenvalue weighted by Gasteiger charge is -2.39. The Bertz CT molecular complexity index is 757. The minimum absolute atomic E-state index is 0.142. The van der Waals surface area contributed by atoms with Gasteiger partial charge >= 0.3 is 5.97 Å². The first-order valence-corrected chi connectivity index (χ1v) is 8.23. The maximum absolute atomic E-state index is 13.9. The second-order valence-electron chi connectivity index (χ2n) is 6.22. The minimum Gasteiger partial charge on any atom is -0.478 e. The quantitative estimate of drug-likeness (QED) is 0.920. The van der Waals surface area contributed by atoms with Crippen molar-refractivity contribution in [2.75, 3.05) is 31.1 Å². The molecule has 25 heavy (non-hydrogen) atoms. The Morgan fingerprint density at radius 3 is 2.24 bits per heavy atom. The Labute approximate surface area is 145 Å². The molecule has 2 aromatic carbocycles. The van der Waals surface area contributed by atoms with Crippen LogP contribution in [0, 0.1) is 11.6 Å². The Morgan fingerprint density at radius 2 is 1.68 bits per heavy atom. The van der Waals surface area contributed by atoms with Crippen molar-refractivity contribution in [1.29, 1.82) is 0 Å². The lowest BCUT2D eigenvalue weighted by Crippen LogP contribution is -2.47. The molecule has 0 radical (unpaired) electrons. The number of aromatic carboxylic acids is 1. The van der Waals surface area contributed by atoms with Crippen molar-refractivity contribution in [3.05, 3.63) is 65.2 Å². The number of halogens is 2. The van der Waals surface area contributed by atoms with Gasteiger partial charge in [0.1, 0.15) is 11.6 Å². The fourth-order valence-corrected chi connectivity index (χ4v) is 3.20. The molecule has 0 aromatic heterocycles. The predicted octanol–water partition coefficient (Wildman–Crippen LogP) is 3.55. The number of hydrogen-bond donors (Lipinski definition) is 1. The van der Waals surface area contributed by atoms with Crippen molar-refractivity contribution in [2.24, 2.45) is 0 Å². The third-order valence-electron chi connectivity index (χ3n) is 4.75. The molecule has 1 aliphatic rings. The fraction of sp³-hybridized carbons (Fsp3) is 0.316. The summed E-state index contributed by atoms with van der Waals surface area (Å²) in [6.45, 7) is 4.88. The van der Waals surface area contributed by atoms with E-state index in [2.05, 4.69) is 11.8 Å². The largest absolute Gasteiger partial charge is 0.478 e. The van der Waals surface area contributed by atoms with Gasteiger partial charge in [0.15, 0.2) is 0 Å². The lowest BCUT2D eigenvalue weighted by molar-refractivity contribution is 0.0697. The molecule has 132 valence electrons. The molecule has 2 aromatic rings. The summed E-state index contributed by atoms with van der Waals surface area (Å²) in [5.74, 6) is -2.04. The summed E-state index contributed by atoms with van der Waals surface area (Å²) in [6.07, 6.45) is 0. The van der Waals surface area contributed by atoms with E-state index in [4.69, 9.17) is 5.11 Å². The lowest BCUT2D eigenvalue weighted by atomic mass is 10.0. The second-order valence-corrected chi connectivity index (χ2v) is 6.22. The molecule has 6 heteroatoms. The average Bonchev–Trinajstić information content (AvgIpc) is 2.61. The molecule has 1 saturated heterocycles. The normalized spacial score (nSPS) is 16.7. The molecular formula is C19H20F2N2O2. The van der Waals surface area contributed by atoms with E-state index >= 15 is 0 Å². The van der Waals surface area contributed by atoms with Crippen LogP contribution in [0.1, 0.15) is 28.9 Å². The zero-order valence-corrected chi connectivity index (χ0v) is 14.0. The molecule has 0 bridgehead atoms. The number of hydrogen-bond acceptors (Lipinski definition) is 3. The fourth-order valence-electron chi connectivity index (χ4n) is 3.20. The summed E-state index contributed by atoms with van der Waals surface area (Å²) in [5, 5.41) is 8.97. The molecule has 4 nitrogen and oxygen atoms in total. The Kier molecular flexibility index (Phi) is 4.99. The highest BCUT2D eigenvalue weighted by Gasteiger charge is 2.23. The van der Waals surface area contributed by atoms with E-state index in [1.165, 1.54) is 12.1 Å². The molecule has 1 aliphatic heterocycles. The molecule has 1 atom stereocenters. The molecular weight excluding hydrogens is 326 g/mol.